The molecular formula is C22H24F3N3O3S. The van der Waals surface area contributed by atoms with Crippen LogP contribution in [0.25, 0.3) is 10.4 Å². The van der Waals surface area contributed by atoms with Crippen LogP contribution in [0.5, 0.6) is 5.75 Å². The number of nitrogens with zero attached hydrogens (tertiary/aromatic N) is 3. The molecule has 1 aromatic heterocycles. The summed E-state index contributed by atoms with van der Waals surface area (Å²) in [7, 11) is 0. The molecule has 1 aliphatic rings. The molecule has 1 aliphatic heterocycles. The number of benzene rings is 1. The van der Waals surface area contributed by atoms with Crippen molar-refractivity contribution >= 4 is 17.3 Å². The number of carbonyl (C=O) groups is 1. The Hall–Kier alpha value is -2.64. The van der Waals surface area contributed by atoms with E-state index in [4.69, 9.17) is 5.26 Å². The van der Waals surface area contributed by atoms with Crippen LogP contribution in [0, 0.1) is 34.5 Å². The van der Waals surface area contributed by atoms with Gasteiger partial charge in [-0.3, -0.25) is 9.69 Å². The number of aliphatic carboxylic acids is 1. The number of ether oxygens (including phenoxy) is 1. The van der Waals surface area contributed by atoms with Gasteiger partial charge in [0.1, 0.15) is 10.8 Å². The Morgan fingerprint density at radius 1 is 1.41 bits per heavy atom. The molecule has 172 valence electrons. The minimum Gasteiger partial charge on any atom is -0.481 e. The maximum absolute atomic E-state index is 14.7. The molecule has 0 saturated carbocycles. The molecule has 10 heteroatoms. The number of likely N-dealkylation sites (tertiary alicyclic amines) is 1. The van der Waals surface area contributed by atoms with E-state index in [1.54, 1.807) is 0 Å². The third-order valence-electron chi connectivity index (χ3n) is 5.66. The van der Waals surface area contributed by atoms with Crippen molar-refractivity contribution < 1.29 is 27.8 Å². The Balaban J connectivity index is 1.89. The Morgan fingerprint density at radius 3 is 2.72 bits per heavy atom. The number of carboxylic acids is 1. The molecule has 32 heavy (non-hydrogen) atoms. The number of halogens is 3. The molecule has 0 aliphatic carbocycles. The fraction of sp³-hybridized carbons (Fsp3) is 0.500. The quantitative estimate of drug-likeness (QED) is 0.644. The van der Waals surface area contributed by atoms with Crippen molar-refractivity contribution in [2.75, 3.05) is 13.1 Å². The van der Waals surface area contributed by atoms with Gasteiger partial charge in [-0.05, 0) is 36.0 Å². The van der Waals surface area contributed by atoms with Crippen LogP contribution < -0.4 is 4.74 Å². The van der Waals surface area contributed by atoms with E-state index >= 15 is 0 Å². The molecule has 2 aromatic rings. The summed E-state index contributed by atoms with van der Waals surface area (Å²) in [5.41, 5.74) is 0.106. The fourth-order valence-corrected chi connectivity index (χ4v) is 4.88. The SMILES string of the molecule is CC(C)(C)C1C[C@@H](C(=O)O)CN(Cc2nc(F)c(-c3cc(C#N)ccc3OC(F)F)s2)C1. The van der Waals surface area contributed by atoms with Crippen molar-refractivity contribution in [3.8, 4) is 22.3 Å². The van der Waals surface area contributed by atoms with E-state index in [-0.39, 0.29) is 39.6 Å². The molecule has 0 bridgehead atoms. The summed E-state index contributed by atoms with van der Waals surface area (Å²) in [5.74, 6) is -2.35. The molecule has 2 atom stereocenters. The summed E-state index contributed by atoms with van der Waals surface area (Å²) in [6.45, 7) is 4.29. The molecule has 2 heterocycles. The predicted molar refractivity (Wildman–Crippen MR) is 113 cm³/mol. The highest BCUT2D eigenvalue weighted by molar-refractivity contribution is 7.15. The van der Waals surface area contributed by atoms with Crippen molar-refractivity contribution in [1.29, 1.82) is 5.26 Å². The monoisotopic (exact) mass is 467 g/mol. The number of hydrogen-bond acceptors (Lipinski definition) is 6. The minimum atomic E-state index is -3.10. The molecule has 1 aromatic carbocycles. The molecule has 0 radical (unpaired) electrons. The van der Waals surface area contributed by atoms with Crippen molar-refractivity contribution in [2.45, 2.75) is 40.3 Å². The lowest BCUT2D eigenvalue weighted by Gasteiger charge is -2.41. The van der Waals surface area contributed by atoms with Gasteiger partial charge >= 0.3 is 12.6 Å². The largest absolute Gasteiger partial charge is 0.481 e. The fourth-order valence-electron chi connectivity index (χ4n) is 3.87. The normalized spacial score (nSPS) is 19.7. The number of rotatable bonds is 6. The van der Waals surface area contributed by atoms with Crippen molar-refractivity contribution in [1.82, 2.24) is 9.88 Å². The zero-order valence-corrected chi connectivity index (χ0v) is 18.8. The summed E-state index contributed by atoms with van der Waals surface area (Å²) in [6, 6.07) is 5.70. The third-order valence-corrected chi connectivity index (χ3v) is 6.71. The van der Waals surface area contributed by atoms with Gasteiger partial charge in [-0.2, -0.15) is 18.4 Å². The second-order valence-electron chi connectivity index (χ2n) is 8.96. The van der Waals surface area contributed by atoms with Crippen LogP contribution in [0.2, 0.25) is 0 Å². The number of carboxylic acid groups (broad SMARTS) is 1. The van der Waals surface area contributed by atoms with Crippen LogP contribution in [0.1, 0.15) is 37.8 Å². The van der Waals surface area contributed by atoms with Gasteiger partial charge in [0, 0.05) is 18.7 Å². The first kappa shape index (κ1) is 24.0. The second kappa shape index (κ2) is 9.46. The van der Waals surface area contributed by atoms with Crippen LogP contribution >= 0.6 is 11.3 Å². The van der Waals surface area contributed by atoms with Gasteiger partial charge in [0.25, 0.3) is 0 Å². The van der Waals surface area contributed by atoms with E-state index in [0.29, 0.717) is 24.5 Å². The highest BCUT2D eigenvalue weighted by Crippen LogP contribution is 2.39. The Kier molecular flexibility index (Phi) is 7.10. The molecule has 1 fully saturated rings. The van der Waals surface area contributed by atoms with E-state index in [0.717, 1.165) is 11.3 Å². The van der Waals surface area contributed by atoms with Crippen LogP contribution in [0.3, 0.4) is 0 Å². The highest BCUT2D eigenvalue weighted by atomic mass is 32.1. The van der Waals surface area contributed by atoms with E-state index in [9.17, 15) is 23.1 Å². The summed E-state index contributed by atoms with van der Waals surface area (Å²) >= 11 is 0.976. The summed E-state index contributed by atoms with van der Waals surface area (Å²) in [4.78, 5) is 17.5. The Morgan fingerprint density at radius 2 is 2.12 bits per heavy atom. The average Bonchev–Trinajstić information content (AvgIpc) is 3.06. The predicted octanol–water partition coefficient (Wildman–Crippen LogP) is 4.99. The first-order valence-electron chi connectivity index (χ1n) is 10.1. The van der Waals surface area contributed by atoms with Gasteiger partial charge in [0.15, 0.2) is 0 Å². The zero-order valence-electron chi connectivity index (χ0n) is 17.9. The molecule has 3 rings (SSSR count). The number of aromatic nitrogens is 1. The van der Waals surface area contributed by atoms with E-state index in [1.165, 1.54) is 18.2 Å². The number of piperidine rings is 1. The molecule has 1 N–H and O–H groups in total. The molecule has 1 saturated heterocycles. The van der Waals surface area contributed by atoms with Crippen LogP contribution in [-0.2, 0) is 11.3 Å². The van der Waals surface area contributed by atoms with E-state index < -0.39 is 24.4 Å². The lowest BCUT2D eigenvalue weighted by Crippen LogP contribution is -2.46. The smallest absolute Gasteiger partial charge is 0.387 e. The number of hydrogen-bond donors (Lipinski definition) is 1. The van der Waals surface area contributed by atoms with Crippen molar-refractivity contribution in [3.05, 3.63) is 34.7 Å². The van der Waals surface area contributed by atoms with Crippen molar-refractivity contribution in [3.63, 3.8) is 0 Å². The van der Waals surface area contributed by atoms with Gasteiger partial charge in [-0.25, -0.2) is 4.98 Å². The molecule has 0 amide bonds. The van der Waals surface area contributed by atoms with Gasteiger partial charge in [-0.15, -0.1) is 11.3 Å². The number of nitriles is 1. The van der Waals surface area contributed by atoms with Crippen LogP contribution in [0.15, 0.2) is 18.2 Å². The molecule has 0 spiro atoms. The molecule has 6 nitrogen and oxygen atoms in total. The van der Waals surface area contributed by atoms with E-state index in [2.05, 4.69) is 30.5 Å². The van der Waals surface area contributed by atoms with Gasteiger partial charge in [0.2, 0.25) is 5.95 Å². The zero-order chi connectivity index (χ0) is 23.6. The summed E-state index contributed by atoms with van der Waals surface area (Å²) in [5, 5.41) is 19.1. The summed E-state index contributed by atoms with van der Waals surface area (Å²) in [6.07, 6.45) is 0.572. The van der Waals surface area contributed by atoms with E-state index in [1.807, 2.05) is 11.0 Å². The van der Waals surface area contributed by atoms with Gasteiger partial charge < -0.3 is 9.84 Å². The van der Waals surface area contributed by atoms with Crippen LogP contribution in [0.4, 0.5) is 13.2 Å². The summed E-state index contributed by atoms with van der Waals surface area (Å²) < 4.78 is 44.8. The second-order valence-corrected chi connectivity index (χ2v) is 10.0. The lowest BCUT2D eigenvalue weighted by molar-refractivity contribution is -0.145. The standard InChI is InChI=1S/C22H24F3N3O3S/c1-22(2,3)14-7-13(20(29)30)9-28(10-14)11-17-27-19(23)18(32-17)15-6-12(8-26)4-5-16(15)31-21(24)25/h4-6,13-14,21H,7,9-11H2,1-3H3,(H,29,30)/t13-,14?/m1/s1. The van der Waals surface area contributed by atoms with Gasteiger partial charge in [0.05, 0.1) is 29.0 Å². The van der Waals surface area contributed by atoms with Crippen LogP contribution in [-0.4, -0.2) is 40.7 Å². The lowest BCUT2D eigenvalue weighted by atomic mass is 9.73. The number of alkyl halides is 2. The third kappa shape index (κ3) is 5.58. The highest BCUT2D eigenvalue weighted by Gasteiger charge is 2.37. The first-order chi connectivity index (χ1) is 15.0. The minimum absolute atomic E-state index is 0.00749. The van der Waals surface area contributed by atoms with Gasteiger partial charge in [-0.1, -0.05) is 20.8 Å². The average molecular weight is 468 g/mol. The topological polar surface area (TPSA) is 86.5 Å². The first-order valence-corrected chi connectivity index (χ1v) is 10.9. The Bertz CT molecular complexity index is 1030. The van der Waals surface area contributed by atoms with Crippen molar-refractivity contribution in [2.24, 2.45) is 17.3 Å². The molecular weight excluding hydrogens is 443 g/mol. The maximum Gasteiger partial charge on any atom is 0.387 e. The molecule has 1 unspecified atom stereocenters. The Labute approximate surface area is 188 Å². The number of thiazole rings is 1. The maximum atomic E-state index is 14.7.